The van der Waals surface area contributed by atoms with Gasteiger partial charge in [0.2, 0.25) is 5.91 Å². The van der Waals surface area contributed by atoms with Gasteiger partial charge in [0.15, 0.2) is 6.29 Å². The zero-order chi connectivity index (χ0) is 21.2. The molecule has 0 radical (unpaired) electrons. The van der Waals surface area contributed by atoms with Crippen LogP contribution in [0.15, 0.2) is 6.20 Å². The largest absolute Gasteiger partial charge is 0.396 e. The Bertz CT molecular complexity index is 615. The molecule has 29 heavy (non-hydrogen) atoms. The van der Waals surface area contributed by atoms with Crippen molar-refractivity contribution >= 4 is 5.91 Å². The molecule has 1 amide bonds. The lowest BCUT2D eigenvalue weighted by Gasteiger charge is -2.42. The number of hydrogen-bond acceptors (Lipinski definition) is 9. The van der Waals surface area contributed by atoms with Crippen molar-refractivity contribution in [3.05, 3.63) is 11.9 Å². The first-order valence-electron chi connectivity index (χ1n) is 10.1. The van der Waals surface area contributed by atoms with E-state index in [0.717, 1.165) is 25.7 Å². The lowest BCUT2D eigenvalue weighted by Crippen LogP contribution is -2.64. The van der Waals surface area contributed by atoms with Crippen LogP contribution in [0.4, 0.5) is 0 Å². The van der Waals surface area contributed by atoms with Gasteiger partial charge in [0.1, 0.15) is 24.4 Å². The van der Waals surface area contributed by atoms with Gasteiger partial charge in [-0.25, -0.2) is 4.68 Å². The molecule has 11 heteroatoms. The Morgan fingerprint density at radius 1 is 1.31 bits per heavy atom. The summed E-state index contributed by atoms with van der Waals surface area (Å²) >= 11 is 0. The number of ether oxygens (including phenoxy) is 2. The van der Waals surface area contributed by atoms with Crippen LogP contribution in [0, 0.1) is 0 Å². The van der Waals surface area contributed by atoms with Crippen molar-refractivity contribution in [2.24, 2.45) is 5.73 Å². The number of aliphatic hydroxyl groups is 3. The van der Waals surface area contributed by atoms with Crippen molar-refractivity contribution in [3.8, 4) is 0 Å². The second-order valence-corrected chi connectivity index (χ2v) is 7.23. The fraction of sp³-hybridized carbons (Fsp3) is 0.833. The Morgan fingerprint density at radius 3 is 2.76 bits per heavy atom. The molecule has 1 aromatic heterocycles. The minimum Gasteiger partial charge on any atom is -0.396 e. The van der Waals surface area contributed by atoms with Crippen molar-refractivity contribution in [3.63, 3.8) is 0 Å². The van der Waals surface area contributed by atoms with Crippen molar-refractivity contribution in [2.45, 2.75) is 76.2 Å². The first kappa shape index (κ1) is 23.6. The number of aliphatic hydroxyl groups excluding tert-OH is 3. The SMILES string of the molecule is CC(=O)NC1C(OCCCCCCN)OC(Cn2cc(CCO)nn2)C(O)C1O. The molecule has 1 aliphatic heterocycles. The maximum Gasteiger partial charge on any atom is 0.217 e. The van der Waals surface area contributed by atoms with E-state index in [1.165, 1.54) is 11.6 Å². The summed E-state index contributed by atoms with van der Waals surface area (Å²) in [5.41, 5.74) is 6.09. The number of nitrogens with zero attached hydrogens (tertiary/aromatic N) is 3. The monoisotopic (exact) mass is 415 g/mol. The molecule has 11 nitrogen and oxygen atoms in total. The Labute approximate surface area is 170 Å². The predicted octanol–water partition coefficient (Wildman–Crippen LogP) is -1.70. The van der Waals surface area contributed by atoms with Crippen molar-refractivity contribution in [2.75, 3.05) is 19.8 Å². The third-order valence-electron chi connectivity index (χ3n) is 4.77. The van der Waals surface area contributed by atoms with Gasteiger partial charge in [-0.3, -0.25) is 4.79 Å². The van der Waals surface area contributed by atoms with Gasteiger partial charge in [-0.15, -0.1) is 5.10 Å². The summed E-state index contributed by atoms with van der Waals surface area (Å²) in [5, 5.41) is 40.5. The maximum atomic E-state index is 11.5. The summed E-state index contributed by atoms with van der Waals surface area (Å²) in [7, 11) is 0. The highest BCUT2D eigenvalue weighted by molar-refractivity contribution is 5.73. The van der Waals surface area contributed by atoms with Crippen LogP contribution < -0.4 is 11.1 Å². The molecule has 0 aromatic carbocycles. The molecule has 1 fully saturated rings. The zero-order valence-corrected chi connectivity index (χ0v) is 16.8. The van der Waals surface area contributed by atoms with E-state index < -0.39 is 30.6 Å². The van der Waals surface area contributed by atoms with E-state index in [9.17, 15) is 15.0 Å². The first-order valence-corrected chi connectivity index (χ1v) is 10.1. The van der Waals surface area contributed by atoms with Crippen molar-refractivity contribution in [1.29, 1.82) is 0 Å². The van der Waals surface area contributed by atoms with Crippen LogP contribution in [0.2, 0.25) is 0 Å². The third kappa shape index (κ3) is 7.28. The summed E-state index contributed by atoms with van der Waals surface area (Å²) in [6.45, 7) is 2.47. The van der Waals surface area contributed by atoms with E-state index in [1.807, 2.05) is 0 Å². The van der Waals surface area contributed by atoms with Gasteiger partial charge >= 0.3 is 0 Å². The van der Waals surface area contributed by atoms with Gasteiger partial charge in [-0.1, -0.05) is 18.1 Å². The lowest BCUT2D eigenvalue weighted by atomic mass is 9.96. The standard InChI is InChI=1S/C18H33N5O6/c1-12(25)20-15-17(27)16(26)14(11-23-10-13(6-8-24)21-22-23)29-18(15)28-9-5-3-2-4-7-19/h10,14-18,24,26-27H,2-9,11,19H2,1H3,(H,20,25). The van der Waals surface area contributed by atoms with Crippen LogP contribution in [0.5, 0.6) is 0 Å². The molecule has 2 heterocycles. The van der Waals surface area contributed by atoms with Crippen LogP contribution in [-0.2, 0) is 27.2 Å². The lowest BCUT2D eigenvalue weighted by molar-refractivity contribution is -0.267. The van der Waals surface area contributed by atoms with Crippen LogP contribution >= 0.6 is 0 Å². The van der Waals surface area contributed by atoms with E-state index in [0.29, 0.717) is 25.3 Å². The second-order valence-electron chi connectivity index (χ2n) is 7.23. The molecular weight excluding hydrogens is 382 g/mol. The molecule has 0 bridgehead atoms. The fourth-order valence-electron chi connectivity index (χ4n) is 3.25. The summed E-state index contributed by atoms with van der Waals surface area (Å²) in [5.74, 6) is -0.357. The quantitative estimate of drug-likeness (QED) is 0.250. The van der Waals surface area contributed by atoms with Crippen LogP contribution in [0.1, 0.15) is 38.3 Å². The van der Waals surface area contributed by atoms with Gasteiger partial charge in [0.05, 0.1) is 12.2 Å². The summed E-state index contributed by atoms with van der Waals surface area (Å²) < 4.78 is 13.1. The van der Waals surface area contributed by atoms with E-state index in [2.05, 4.69) is 15.6 Å². The highest BCUT2D eigenvalue weighted by atomic mass is 16.7. The van der Waals surface area contributed by atoms with Crippen LogP contribution in [0.25, 0.3) is 0 Å². The minimum atomic E-state index is -1.26. The Morgan fingerprint density at radius 2 is 2.07 bits per heavy atom. The molecule has 1 aromatic rings. The smallest absolute Gasteiger partial charge is 0.217 e. The number of nitrogens with two attached hydrogens (primary N) is 1. The number of carbonyl (C=O) groups is 1. The third-order valence-corrected chi connectivity index (χ3v) is 4.77. The fourth-order valence-corrected chi connectivity index (χ4v) is 3.25. The first-order chi connectivity index (χ1) is 14.0. The van der Waals surface area contributed by atoms with Gasteiger partial charge in [-0.2, -0.15) is 0 Å². The molecule has 1 saturated heterocycles. The molecule has 6 N–H and O–H groups in total. The molecule has 0 aliphatic carbocycles. The van der Waals surface area contributed by atoms with E-state index >= 15 is 0 Å². The number of nitrogens with one attached hydrogen (secondary N) is 1. The Hall–Kier alpha value is -1.63. The van der Waals surface area contributed by atoms with E-state index in [-0.39, 0.29) is 19.1 Å². The number of unbranched alkanes of at least 4 members (excludes halogenated alkanes) is 3. The van der Waals surface area contributed by atoms with Gasteiger partial charge in [0, 0.05) is 32.8 Å². The highest BCUT2D eigenvalue weighted by Crippen LogP contribution is 2.24. The predicted molar refractivity (Wildman–Crippen MR) is 103 cm³/mol. The molecular formula is C18H33N5O6. The van der Waals surface area contributed by atoms with E-state index in [1.54, 1.807) is 6.20 Å². The molecule has 5 atom stereocenters. The number of aromatic nitrogens is 3. The maximum absolute atomic E-state index is 11.5. The highest BCUT2D eigenvalue weighted by Gasteiger charge is 2.45. The van der Waals surface area contributed by atoms with Crippen LogP contribution in [-0.4, -0.2) is 86.6 Å². The molecule has 0 saturated carbocycles. The van der Waals surface area contributed by atoms with E-state index in [4.69, 9.17) is 20.3 Å². The summed E-state index contributed by atoms with van der Waals surface area (Å²) in [6, 6.07) is -0.886. The Balaban J connectivity index is 1.98. The Kier molecular flexibility index (Phi) is 9.91. The zero-order valence-electron chi connectivity index (χ0n) is 16.8. The number of hydrogen-bond donors (Lipinski definition) is 5. The van der Waals surface area contributed by atoms with Gasteiger partial charge < -0.3 is 35.8 Å². The van der Waals surface area contributed by atoms with Crippen molar-refractivity contribution < 1.29 is 29.6 Å². The average Bonchev–Trinajstić information content (AvgIpc) is 3.12. The molecule has 0 spiro atoms. The minimum absolute atomic E-state index is 0.0421. The van der Waals surface area contributed by atoms with Crippen LogP contribution in [0.3, 0.4) is 0 Å². The molecule has 166 valence electrons. The molecule has 1 aliphatic rings. The average molecular weight is 415 g/mol. The number of carbonyl (C=O) groups excluding carboxylic acids is 1. The summed E-state index contributed by atoms with van der Waals surface area (Å²) in [6.07, 6.45) is 1.51. The topological polar surface area (TPSA) is 165 Å². The summed E-state index contributed by atoms with van der Waals surface area (Å²) in [4.78, 5) is 11.5. The van der Waals surface area contributed by atoms with Gasteiger partial charge in [0.25, 0.3) is 0 Å². The number of amides is 1. The van der Waals surface area contributed by atoms with Gasteiger partial charge in [-0.05, 0) is 19.4 Å². The second kappa shape index (κ2) is 12.2. The molecule has 2 rings (SSSR count). The van der Waals surface area contributed by atoms with Crippen molar-refractivity contribution in [1.82, 2.24) is 20.3 Å². The normalized spacial score (nSPS) is 27.1. The molecule has 5 unspecified atom stereocenters. The number of rotatable bonds is 12.